The number of anilines is 1. The molecule has 0 saturated carbocycles. The van der Waals surface area contributed by atoms with Crippen molar-refractivity contribution in [3.05, 3.63) is 23.9 Å². The lowest BCUT2D eigenvalue weighted by atomic mass is 10.0. The van der Waals surface area contributed by atoms with Crippen molar-refractivity contribution in [2.75, 3.05) is 50.8 Å². The van der Waals surface area contributed by atoms with Crippen LogP contribution in [-0.2, 0) is 9.53 Å². The van der Waals surface area contributed by atoms with E-state index in [1.54, 1.807) is 18.3 Å². The molecule has 2 N–H and O–H groups in total. The maximum Gasteiger partial charge on any atom is 0.252 e. The molecule has 0 spiro atoms. The third kappa shape index (κ3) is 3.98. The van der Waals surface area contributed by atoms with Crippen LogP contribution in [0.25, 0.3) is 0 Å². The number of piperazine rings is 1. The Hall–Kier alpha value is -2.19. The van der Waals surface area contributed by atoms with E-state index in [4.69, 9.17) is 10.5 Å². The van der Waals surface area contributed by atoms with Crippen LogP contribution in [0.1, 0.15) is 36.0 Å². The molecule has 0 unspecified atom stereocenters. The molecule has 3 aliphatic heterocycles. The first-order valence-electron chi connectivity index (χ1n) is 10.3. The fourth-order valence-corrected chi connectivity index (χ4v) is 4.57. The van der Waals surface area contributed by atoms with Crippen LogP contribution in [0, 0.1) is 0 Å². The predicted octanol–water partition coefficient (Wildman–Crippen LogP) is 0.473. The molecule has 8 heteroatoms. The molecule has 1 aromatic rings. The lowest BCUT2D eigenvalue weighted by molar-refractivity contribution is -0.142. The number of pyridine rings is 1. The van der Waals surface area contributed by atoms with Crippen molar-refractivity contribution in [1.82, 2.24) is 14.8 Å². The van der Waals surface area contributed by atoms with Gasteiger partial charge in [-0.25, -0.2) is 4.98 Å². The number of hydrogen-bond acceptors (Lipinski definition) is 6. The Morgan fingerprint density at radius 3 is 2.46 bits per heavy atom. The molecule has 152 valence electrons. The minimum atomic E-state index is -0.436. The van der Waals surface area contributed by atoms with Crippen molar-refractivity contribution in [1.29, 1.82) is 0 Å². The third-order valence-electron chi connectivity index (χ3n) is 6.16. The van der Waals surface area contributed by atoms with Gasteiger partial charge in [0, 0.05) is 58.1 Å². The summed E-state index contributed by atoms with van der Waals surface area (Å²) >= 11 is 0. The highest BCUT2D eigenvalue weighted by Gasteiger charge is 2.33. The van der Waals surface area contributed by atoms with E-state index in [-0.39, 0.29) is 12.0 Å². The smallest absolute Gasteiger partial charge is 0.252 e. The summed E-state index contributed by atoms with van der Waals surface area (Å²) in [5.74, 6) is 0.426. The zero-order valence-electron chi connectivity index (χ0n) is 16.3. The molecule has 0 bridgehead atoms. The van der Waals surface area contributed by atoms with E-state index < -0.39 is 5.91 Å². The number of primary amides is 1. The van der Waals surface area contributed by atoms with E-state index in [0.717, 1.165) is 65.0 Å². The Labute approximate surface area is 165 Å². The number of ether oxygens (including phenoxy) is 1. The van der Waals surface area contributed by atoms with Gasteiger partial charge in [0.1, 0.15) is 11.9 Å². The fourth-order valence-electron chi connectivity index (χ4n) is 4.57. The number of nitrogens with two attached hydrogens (primary N) is 1. The highest BCUT2D eigenvalue weighted by atomic mass is 16.5. The molecule has 1 atom stereocenters. The predicted molar refractivity (Wildman–Crippen MR) is 105 cm³/mol. The molecular formula is C20H29N5O3. The molecule has 4 rings (SSSR count). The number of carbonyl (C=O) groups is 2. The van der Waals surface area contributed by atoms with Crippen LogP contribution in [0.3, 0.4) is 0 Å². The largest absolute Gasteiger partial charge is 0.368 e. The van der Waals surface area contributed by atoms with Crippen molar-refractivity contribution < 1.29 is 14.3 Å². The molecule has 28 heavy (non-hydrogen) atoms. The number of likely N-dealkylation sites (tertiary alicyclic amines) is 1. The Bertz CT molecular complexity index is 706. The quantitative estimate of drug-likeness (QED) is 0.808. The van der Waals surface area contributed by atoms with Gasteiger partial charge in [-0.1, -0.05) is 0 Å². The second-order valence-corrected chi connectivity index (χ2v) is 7.82. The zero-order chi connectivity index (χ0) is 19.5. The van der Waals surface area contributed by atoms with E-state index in [0.29, 0.717) is 24.0 Å². The SMILES string of the molecule is NC(=O)c1cccnc1N1CCN(C2CCN(C(=O)[C@H]3CCCO3)CC2)CC1. The minimum Gasteiger partial charge on any atom is -0.368 e. The average molecular weight is 387 g/mol. The Morgan fingerprint density at radius 1 is 1.07 bits per heavy atom. The summed E-state index contributed by atoms with van der Waals surface area (Å²) in [5.41, 5.74) is 5.97. The molecule has 3 aliphatic rings. The number of hydrogen-bond donors (Lipinski definition) is 1. The maximum absolute atomic E-state index is 12.5. The molecule has 4 heterocycles. The van der Waals surface area contributed by atoms with Gasteiger partial charge in [0.05, 0.1) is 5.56 Å². The van der Waals surface area contributed by atoms with Crippen LogP contribution in [0.2, 0.25) is 0 Å². The lowest BCUT2D eigenvalue weighted by Gasteiger charge is -2.43. The number of rotatable bonds is 4. The molecule has 8 nitrogen and oxygen atoms in total. The standard InChI is InChI=1S/C20H29N5O3/c21-18(26)16-3-1-7-22-19(16)24-12-10-23(11-13-24)15-5-8-25(9-6-15)20(27)17-4-2-14-28-17/h1,3,7,15,17H,2,4-6,8-14H2,(H2,21,26)/t17-/m1/s1. The van der Waals surface area contributed by atoms with E-state index in [1.807, 2.05) is 4.90 Å². The number of carbonyl (C=O) groups excluding carboxylic acids is 2. The van der Waals surface area contributed by atoms with E-state index in [2.05, 4.69) is 14.8 Å². The van der Waals surface area contributed by atoms with Crippen molar-refractivity contribution in [3.8, 4) is 0 Å². The van der Waals surface area contributed by atoms with E-state index in [9.17, 15) is 9.59 Å². The number of nitrogens with zero attached hydrogens (tertiary/aromatic N) is 4. The topological polar surface area (TPSA) is 92.0 Å². The molecule has 3 fully saturated rings. The molecular weight excluding hydrogens is 358 g/mol. The van der Waals surface area contributed by atoms with Crippen LogP contribution in [0.4, 0.5) is 5.82 Å². The van der Waals surface area contributed by atoms with Crippen molar-refractivity contribution in [3.63, 3.8) is 0 Å². The van der Waals surface area contributed by atoms with Crippen LogP contribution >= 0.6 is 0 Å². The van der Waals surface area contributed by atoms with Gasteiger partial charge in [-0.2, -0.15) is 0 Å². The van der Waals surface area contributed by atoms with Crippen molar-refractivity contribution in [2.45, 2.75) is 37.8 Å². The van der Waals surface area contributed by atoms with Crippen LogP contribution in [0.15, 0.2) is 18.3 Å². The van der Waals surface area contributed by atoms with Crippen molar-refractivity contribution in [2.24, 2.45) is 5.73 Å². The first kappa shape index (κ1) is 19.1. The van der Waals surface area contributed by atoms with Gasteiger partial charge in [0.2, 0.25) is 0 Å². The normalized spacial score (nSPS) is 24.5. The molecule has 3 saturated heterocycles. The summed E-state index contributed by atoms with van der Waals surface area (Å²) in [4.78, 5) is 35.2. The van der Waals surface area contributed by atoms with Gasteiger partial charge in [-0.05, 0) is 37.8 Å². The second-order valence-electron chi connectivity index (χ2n) is 7.82. The van der Waals surface area contributed by atoms with Gasteiger partial charge >= 0.3 is 0 Å². The van der Waals surface area contributed by atoms with Crippen molar-refractivity contribution >= 4 is 17.6 Å². The monoisotopic (exact) mass is 387 g/mol. The van der Waals surface area contributed by atoms with E-state index >= 15 is 0 Å². The summed E-state index contributed by atoms with van der Waals surface area (Å²) in [5, 5.41) is 0. The summed E-state index contributed by atoms with van der Waals surface area (Å²) in [6.45, 7) is 5.85. The van der Waals surface area contributed by atoms with Gasteiger partial charge in [0.25, 0.3) is 11.8 Å². The second kappa shape index (κ2) is 8.45. The average Bonchev–Trinajstić information content (AvgIpc) is 3.28. The van der Waals surface area contributed by atoms with Gasteiger partial charge in [-0.15, -0.1) is 0 Å². The van der Waals surface area contributed by atoms with Gasteiger partial charge in [0.15, 0.2) is 0 Å². The highest BCUT2D eigenvalue weighted by Crippen LogP contribution is 2.24. The molecule has 0 aliphatic carbocycles. The highest BCUT2D eigenvalue weighted by molar-refractivity contribution is 5.97. The van der Waals surface area contributed by atoms with Gasteiger partial charge < -0.3 is 20.3 Å². The number of aromatic nitrogens is 1. The molecule has 0 aromatic carbocycles. The summed E-state index contributed by atoms with van der Waals surface area (Å²) in [6.07, 6.45) is 5.36. The fraction of sp³-hybridized carbons (Fsp3) is 0.650. The number of amides is 2. The minimum absolute atomic E-state index is 0.176. The van der Waals surface area contributed by atoms with E-state index in [1.165, 1.54) is 0 Å². The summed E-state index contributed by atoms with van der Waals surface area (Å²) in [6, 6.07) is 3.98. The first-order valence-corrected chi connectivity index (χ1v) is 10.3. The first-order chi connectivity index (χ1) is 13.6. The van der Waals surface area contributed by atoms with Crippen LogP contribution < -0.4 is 10.6 Å². The zero-order valence-corrected chi connectivity index (χ0v) is 16.3. The Kier molecular flexibility index (Phi) is 5.77. The molecule has 0 radical (unpaired) electrons. The Balaban J connectivity index is 1.28. The lowest BCUT2D eigenvalue weighted by Crippen LogP contribution is -2.54. The Morgan fingerprint density at radius 2 is 1.82 bits per heavy atom. The number of piperidine rings is 1. The summed E-state index contributed by atoms with van der Waals surface area (Å²) < 4.78 is 5.55. The maximum atomic E-state index is 12.5. The van der Waals surface area contributed by atoms with Gasteiger partial charge in [-0.3, -0.25) is 14.5 Å². The molecule has 2 amide bonds. The third-order valence-corrected chi connectivity index (χ3v) is 6.16. The van der Waals surface area contributed by atoms with Crippen LogP contribution in [0.5, 0.6) is 0 Å². The molecule has 1 aromatic heterocycles. The summed E-state index contributed by atoms with van der Waals surface area (Å²) in [7, 11) is 0. The van der Waals surface area contributed by atoms with Crippen LogP contribution in [-0.4, -0.2) is 84.6 Å².